The van der Waals surface area contributed by atoms with E-state index in [4.69, 9.17) is 0 Å². The van der Waals surface area contributed by atoms with Crippen molar-refractivity contribution in [3.8, 4) is 5.82 Å². The Morgan fingerprint density at radius 1 is 1.18 bits per heavy atom. The molecule has 0 fully saturated rings. The Kier molecular flexibility index (Phi) is 3.82. The number of nitrogens with zero attached hydrogens (tertiary/aromatic N) is 5. The maximum absolute atomic E-state index is 4.58. The lowest BCUT2D eigenvalue weighted by atomic mass is 10.2. The predicted octanol–water partition coefficient (Wildman–Crippen LogP) is 2.85. The molecule has 0 aliphatic heterocycles. The SMILES string of the molecule is Cc1cc(C)n(-c2cncc(N[C@H](C)c3ccccn3)n2)n1. The summed E-state index contributed by atoms with van der Waals surface area (Å²) in [5.74, 6) is 1.40. The lowest BCUT2D eigenvalue weighted by Gasteiger charge is -2.14. The molecule has 1 atom stereocenters. The predicted molar refractivity (Wildman–Crippen MR) is 84.9 cm³/mol. The van der Waals surface area contributed by atoms with Gasteiger partial charge in [-0.2, -0.15) is 5.10 Å². The van der Waals surface area contributed by atoms with E-state index in [0.29, 0.717) is 11.6 Å². The molecule has 0 spiro atoms. The molecule has 3 rings (SSSR count). The largest absolute Gasteiger partial charge is 0.361 e. The van der Waals surface area contributed by atoms with Crippen molar-refractivity contribution < 1.29 is 0 Å². The van der Waals surface area contributed by atoms with Crippen LogP contribution in [0.2, 0.25) is 0 Å². The van der Waals surface area contributed by atoms with Crippen LogP contribution in [0.3, 0.4) is 0 Å². The third-order valence-electron chi connectivity index (χ3n) is 3.34. The second-order valence-electron chi connectivity index (χ2n) is 5.22. The van der Waals surface area contributed by atoms with Gasteiger partial charge in [0.05, 0.1) is 29.8 Å². The first-order valence-electron chi connectivity index (χ1n) is 7.16. The van der Waals surface area contributed by atoms with Gasteiger partial charge < -0.3 is 5.32 Å². The zero-order chi connectivity index (χ0) is 15.5. The molecule has 0 aliphatic carbocycles. The summed E-state index contributed by atoms with van der Waals surface area (Å²) >= 11 is 0. The normalized spacial score (nSPS) is 12.1. The van der Waals surface area contributed by atoms with Gasteiger partial charge in [-0.1, -0.05) is 6.07 Å². The summed E-state index contributed by atoms with van der Waals surface area (Å²) in [5.41, 5.74) is 2.95. The van der Waals surface area contributed by atoms with E-state index in [1.807, 2.05) is 45.0 Å². The van der Waals surface area contributed by atoms with Gasteiger partial charge in [0.2, 0.25) is 0 Å². The van der Waals surface area contributed by atoms with Crippen molar-refractivity contribution in [1.82, 2.24) is 24.7 Å². The average molecular weight is 294 g/mol. The van der Waals surface area contributed by atoms with E-state index in [0.717, 1.165) is 17.1 Å². The van der Waals surface area contributed by atoms with E-state index in [1.165, 1.54) is 0 Å². The Balaban J connectivity index is 1.84. The molecule has 0 saturated carbocycles. The molecule has 112 valence electrons. The van der Waals surface area contributed by atoms with Gasteiger partial charge in [-0.25, -0.2) is 9.67 Å². The number of rotatable bonds is 4. The molecule has 22 heavy (non-hydrogen) atoms. The molecule has 3 heterocycles. The van der Waals surface area contributed by atoms with Gasteiger partial charge in [0.15, 0.2) is 5.82 Å². The smallest absolute Gasteiger partial charge is 0.174 e. The molecule has 0 bridgehead atoms. The van der Waals surface area contributed by atoms with Crippen LogP contribution in [0.15, 0.2) is 42.9 Å². The Hall–Kier alpha value is -2.76. The van der Waals surface area contributed by atoms with Crippen LogP contribution in [-0.2, 0) is 0 Å². The highest BCUT2D eigenvalue weighted by molar-refractivity contribution is 5.38. The highest BCUT2D eigenvalue weighted by atomic mass is 15.3. The lowest BCUT2D eigenvalue weighted by molar-refractivity contribution is 0.788. The maximum Gasteiger partial charge on any atom is 0.174 e. The van der Waals surface area contributed by atoms with Gasteiger partial charge in [-0.05, 0) is 39.0 Å². The van der Waals surface area contributed by atoms with Crippen molar-refractivity contribution in [1.29, 1.82) is 0 Å². The Bertz CT molecular complexity index is 765. The second-order valence-corrected chi connectivity index (χ2v) is 5.22. The summed E-state index contributed by atoms with van der Waals surface area (Å²) in [6.45, 7) is 6.00. The van der Waals surface area contributed by atoms with Crippen molar-refractivity contribution in [3.63, 3.8) is 0 Å². The number of aryl methyl sites for hydroxylation is 2. The first kappa shape index (κ1) is 14.2. The Morgan fingerprint density at radius 3 is 2.73 bits per heavy atom. The van der Waals surface area contributed by atoms with E-state index >= 15 is 0 Å². The standard InChI is InChI=1S/C16H18N6/c1-11-8-12(2)22(21-11)16-10-17-9-15(20-16)19-13(3)14-6-4-5-7-18-14/h4-10,13H,1-3H3,(H,19,20)/t13-/m1/s1. The third-order valence-corrected chi connectivity index (χ3v) is 3.34. The minimum atomic E-state index is 0.0474. The number of hydrogen-bond acceptors (Lipinski definition) is 5. The molecule has 0 radical (unpaired) electrons. The zero-order valence-corrected chi connectivity index (χ0v) is 12.9. The van der Waals surface area contributed by atoms with Crippen LogP contribution in [0.25, 0.3) is 5.82 Å². The Morgan fingerprint density at radius 2 is 2.05 bits per heavy atom. The van der Waals surface area contributed by atoms with E-state index in [-0.39, 0.29) is 6.04 Å². The number of hydrogen-bond donors (Lipinski definition) is 1. The molecule has 0 amide bonds. The highest BCUT2D eigenvalue weighted by Crippen LogP contribution is 2.16. The molecular formula is C16H18N6. The molecule has 0 aliphatic rings. The second kappa shape index (κ2) is 5.93. The van der Waals surface area contributed by atoms with E-state index in [2.05, 4.69) is 25.4 Å². The van der Waals surface area contributed by atoms with Crippen molar-refractivity contribution in [2.75, 3.05) is 5.32 Å². The van der Waals surface area contributed by atoms with Crippen LogP contribution in [0.4, 0.5) is 5.82 Å². The molecule has 0 saturated heterocycles. The fourth-order valence-corrected chi connectivity index (χ4v) is 2.32. The van der Waals surface area contributed by atoms with E-state index in [9.17, 15) is 0 Å². The fraction of sp³-hybridized carbons (Fsp3) is 0.250. The topological polar surface area (TPSA) is 68.5 Å². The van der Waals surface area contributed by atoms with E-state index in [1.54, 1.807) is 23.3 Å². The van der Waals surface area contributed by atoms with Crippen molar-refractivity contribution in [2.45, 2.75) is 26.8 Å². The molecule has 6 nitrogen and oxygen atoms in total. The van der Waals surface area contributed by atoms with Crippen LogP contribution in [0.1, 0.15) is 30.0 Å². The van der Waals surface area contributed by atoms with Crippen molar-refractivity contribution in [3.05, 3.63) is 59.9 Å². The molecule has 0 aromatic carbocycles. The Labute approximate surface area is 129 Å². The van der Waals surface area contributed by atoms with Crippen LogP contribution >= 0.6 is 0 Å². The van der Waals surface area contributed by atoms with Gasteiger partial charge in [-0.15, -0.1) is 0 Å². The maximum atomic E-state index is 4.58. The zero-order valence-electron chi connectivity index (χ0n) is 12.9. The fourth-order valence-electron chi connectivity index (χ4n) is 2.32. The third kappa shape index (κ3) is 2.95. The minimum absolute atomic E-state index is 0.0474. The summed E-state index contributed by atoms with van der Waals surface area (Å²) in [6.07, 6.45) is 5.19. The molecule has 3 aromatic rings. The number of anilines is 1. The molecule has 1 N–H and O–H groups in total. The number of nitrogens with one attached hydrogen (secondary N) is 1. The lowest BCUT2D eigenvalue weighted by Crippen LogP contribution is -2.11. The summed E-state index contributed by atoms with van der Waals surface area (Å²) in [4.78, 5) is 13.2. The van der Waals surface area contributed by atoms with Gasteiger partial charge in [0, 0.05) is 11.9 Å². The summed E-state index contributed by atoms with van der Waals surface area (Å²) in [5, 5.41) is 7.75. The first-order chi connectivity index (χ1) is 10.6. The van der Waals surface area contributed by atoms with Crippen LogP contribution in [0.5, 0.6) is 0 Å². The quantitative estimate of drug-likeness (QED) is 0.801. The number of pyridine rings is 1. The van der Waals surface area contributed by atoms with Crippen molar-refractivity contribution >= 4 is 5.82 Å². The van der Waals surface area contributed by atoms with Gasteiger partial charge in [-0.3, -0.25) is 9.97 Å². The monoisotopic (exact) mass is 294 g/mol. The van der Waals surface area contributed by atoms with Crippen LogP contribution < -0.4 is 5.32 Å². The summed E-state index contributed by atoms with van der Waals surface area (Å²) in [6, 6.07) is 7.91. The van der Waals surface area contributed by atoms with E-state index < -0.39 is 0 Å². The van der Waals surface area contributed by atoms with Crippen LogP contribution in [0, 0.1) is 13.8 Å². The highest BCUT2D eigenvalue weighted by Gasteiger charge is 2.10. The average Bonchev–Trinajstić information content (AvgIpc) is 2.87. The van der Waals surface area contributed by atoms with Gasteiger partial charge >= 0.3 is 0 Å². The molecule has 3 aromatic heterocycles. The molecule has 0 unspecified atom stereocenters. The molecular weight excluding hydrogens is 276 g/mol. The van der Waals surface area contributed by atoms with Gasteiger partial charge in [0.25, 0.3) is 0 Å². The molecule has 6 heteroatoms. The van der Waals surface area contributed by atoms with Crippen LogP contribution in [-0.4, -0.2) is 24.7 Å². The summed E-state index contributed by atoms with van der Waals surface area (Å²) in [7, 11) is 0. The minimum Gasteiger partial charge on any atom is -0.361 e. The summed E-state index contributed by atoms with van der Waals surface area (Å²) < 4.78 is 1.79. The van der Waals surface area contributed by atoms with Gasteiger partial charge in [0.1, 0.15) is 5.82 Å². The first-order valence-corrected chi connectivity index (χ1v) is 7.16. The number of aromatic nitrogens is 5. The van der Waals surface area contributed by atoms with Crippen molar-refractivity contribution in [2.24, 2.45) is 0 Å².